The highest BCUT2D eigenvalue weighted by molar-refractivity contribution is 5.49. The van der Waals surface area contributed by atoms with Gasteiger partial charge in [0, 0.05) is 19.2 Å². The molecule has 1 aliphatic heterocycles. The fourth-order valence-electron chi connectivity index (χ4n) is 3.07. The molecule has 0 saturated carbocycles. The molecule has 1 atom stereocenters. The van der Waals surface area contributed by atoms with Gasteiger partial charge in [-0.05, 0) is 61.4 Å². The number of halogens is 2. The summed E-state index contributed by atoms with van der Waals surface area (Å²) in [5.74, 6) is 0.284. The molecule has 22 heavy (non-hydrogen) atoms. The summed E-state index contributed by atoms with van der Waals surface area (Å²) in [6, 6.07) is 3.75. The van der Waals surface area contributed by atoms with Gasteiger partial charge in [-0.25, -0.2) is 8.78 Å². The lowest BCUT2D eigenvalue weighted by atomic mass is 9.98. The summed E-state index contributed by atoms with van der Waals surface area (Å²) in [5, 5.41) is 8.28. The van der Waals surface area contributed by atoms with Gasteiger partial charge in [-0.15, -0.1) is 5.10 Å². The van der Waals surface area contributed by atoms with Crippen molar-refractivity contribution in [3.63, 3.8) is 0 Å². The Morgan fingerprint density at radius 2 is 1.91 bits per heavy atom. The van der Waals surface area contributed by atoms with E-state index in [0.717, 1.165) is 48.1 Å². The van der Waals surface area contributed by atoms with Gasteiger partial charge < -0.3 is 4.90 Å². The molecule has 0 radical (unpaired) electrons. The van der Waals surface area contributed by atoms with E-state index in [9.17, 15) is 8.78 Å². The standard InChI is InChI=1S/C17H19F2N3/c1-11-9-20-21-17(12(11)2)22-4-3-13(10-22)5-14-6-15(18)8-16(19)7-14/h6-9,13H,3-5,10H2,1-2H3. The predicted octanol–water partition coefficient (Wildman–Crippen LogP) is 3.44. The number of anilines is 1. The van der Waals surface area contributed by atoms with Crippen molar-refractivity contribution in [2.75, 3.05) is 18.0 Å². The van der Waals surface area contributed by atoms with E-state index < -0.39 is 11.6 Å². The van der Waals surface area contributed by atoms with Crippen molar-refractivity contribution in [1.82, 2.24) is 10.2 Å². The molecule has 1 aromatic heterocycles. The maximum Gasteiger partial charge on any atom is 0.154 e. The van der Waals surface area contributed by atoms with Crippen LogP contribution in [0.1, 0.15) is 23.1 Å². The highest BCUT2D eigenvalue weighted by Crippen LogP contribution is 2.27. The van der Waals surface area contributed by atoms with Crippen LogP contribution < -0.4 is 4.90 Å². The van der Waals surface area contributed by atoms with Crippen molar-refractivity contribution >= 4 is 5.82 Å². The Balaban J connectivity index is 1.71. The normalized spacial score (nSPS) is 18.0. The zero-order chi connectivity index (χ0) is 15.7. The van der Waals surface area contributed by atoms with E-state index >= 15 is 0 Å². The van der Waals surface area contributed by atoms with Crippen LogP contribution in [0.15, 0.2) is 24.4 Å². The molecule has 3 nitrogen and oxygen atoms in total. The van der Waals surface area contributed by atoms with Crippen LogP contribution >= 0.6 is 0 Å². The second kappa shape index (κ2) is 5.99. The molecule has 3 rings (SSSR count). The molecule has 5 heteroatoms. The molecule has 0 aliphatic carbocycles. The smallest absolute Gasteiger partial charge is 0.154 e. The third-order valence-electron chi connectivity index (χ3n) is 4.36. The molecule has 1 aromatic carbocycles. The van der Waals surface area contributed by atoms with Crippen LogP contribution in [0.5, 0.6) is 0 Å². The van der Waals surface area contributed by atoms with Crippen LogP contribution in [0.3, 0.4) is 0 Å². The topological polar surface area (TPSA) is 29.0 Å². The minimum absolute atomic E-state index is 0.378. The molecule has 2 heterocycles. The van der Waals surface area contributed by atoms with Crippen molar-refractivity contribution in [3.05, 3.63) is 52.7 Å². The minimum atomic E-state index is -0.509. The van der Waals surface area contributed by atoms with E-state index in [0.29, 0.717) is 12.3 Å². The largest absolute Gasteiger partial charge is 0.355 e. The third-order valence-corrected chi connectivity index (χ3v) is 4.36. The van der Waals surface area contributed by atoms with Crippen LogP contribution in [0.4, 0.5) is 14.6 Å². The fraction of sp³-hybridized carbons (Fsp3) is 0.412. The number of nitrogens with zero attached hydrogens (tertiary/aromatic N) is 3. The van der Waals surface area contributed by atoms with Gasteiger partial charge in [-0.3, -0.25) is 0 Å². The first-order valence-electron chi connectivity index (χ1n) is 7.51. The summed E-state index contributed by atoms with van der Waals surface area (Å²) in [5.41, 5.74) is 2.99. The minimum Gasteiger partial charge on any atom is -0.355 e. The van der Waals surface area contributed by atoms with Gasteiger partial charge in [0.1, 0.15) is 11.6 Å². The maximum atomic E-state index is 13.3. The van der Waals surface area contributed by atoms with Crippen molar-refractivity contribution < 1.29 is 8.78 Å². The third kappa shape index (κ3) is 3.08. The molecule has 2 aromatic rings. The second-order valence-electron chi connectivity index (χ2n) is 6.06. The first-order valence-corrected chi connectivity index (χ1v) is 7.51. The average Bonchev–Trinajstić information content (AvgIpc) is 2.89. The van der Waals surface area contributed by atoms with Crippen LogP contribution in [-0.4, -0.2) is 23.3 Å². The van der Waals surface area contributed by atoms with E-state index in [1.807, 2.05) is 6.92 Å². The number of rotatable bonds is 3. The Morgan fingerprint density at radius 1 is 1.18 bits per heavy atom. The van der Waals surface area contributed by atoms with Gasteiger partial charge in [0.05, 0.1) is 6.20 Å². The van der Waals surface area contributed by atoms with Crippen molar-refractivity contribution in [1.29, 1.82) is 0 Å². The zero-order valence-corrected chi connectivity index (χ0v) is 12.8. The van der Waals surface area contributed by atoms with Crippen molar-refractivity contribution in [3.8, 4) is 0 Å². The summed E-state index contributed by atoms with van der Waals surface area (Å²) in [7, 11) is 0. The number of hydrogen-bond donors (Lipinski definition) is 0. The van der Waals surface area contributed by atoms with Gasteiger partial charge in [0.15, 0.2) is 5.82 Å². The predicted molar refractivity (Wildman–Crippen MR) is 81.9 cm³/mol. The Hall–Kier alpha value is -2.04. The molecule has 0 amide bonds. The molecular weight excluding hydrogens is 284 g/mol. The van der Waals surface area contributed by atoms with Crippen LogP contribution in [0.25, 0.3) is 0 Å². The van der Waals surface area contributed by atoms with E-state index in [1.54, 1.807) is 6.20 Å². The summed E-state index contributed by atoms with van der Waals surface area (Å²) < 4.78 is 26.5. The quantitative estimate of drug-likeness (QED) is 0.870. The van der Waals surface area contributed by atoms with Crippen LogP contribution in [-0.2, 0) is 6.42 Å². The van der Waals surface area contributed by atoms with Crippen LogP contribution in [0.2, 0.25) is 0 Å². The molecule has 0 spiro atoms. The molecule has 1 unspecified atom stereocenters. The number of aryl methyl sites for hydroxylation is 1. The highest BCUT2D eigenvalue weighted by Gasteiger charge is 2.25. The number of benzene rings is 1. The van der Waals surface area contributed by atoms with E-state index in [2.05, 4.69) is 22.0 Å². The summed E-state index contributed by atoms with van der Waals surface area (Å²) in [6.45, 7) is 5.82. The lowest BCUT2D eigenvalue weighted by Gasteiger charge is -2.19. The summed E-state index contributed by atoms with van der Waals surface area (Å²) >= 11 is 0. The Bertz CT molecular complexity index is 667. The summed E-state index contributed by atoms with van der Waals surface area (Å²) in [4.78, 5) is 2.22. The summed E-state index contributed by atoms with van der Waals surface area (Å²) in [6.07, 6.45) is 3.44. The van der Waals surface area contributed by atoms with Crippen LogP contribution in [0, 0.1) is 31.4 Å². The van der Waals surface area contributed by atoms with Crippen molar-refractivity contribution in [2.24, 2.45) is 5.92 Å². The van der Waals surface area contributed by atoms with Gasteiger partial charge in [-0.1, -0.05) is 0 Å². The number of hydrogen-bond acceptors (Lipinski definition) is 3. The lowest BCUT2D eigenvalue weighted by Crippen LogP contribution is -2.23. The SMILES string of the molecule is Cc1cnnc(N2CCC(Cc3cc(F)cc(F)c3)C2)c1C. The Morgan fingerprint density at radius 3 is 2.64 bits per heavy atom. The van der Waals surface area contributed by atoms with Crippen molar-refractivity contribution in [2.45, 2.75) is 26.7 Å². The number of aromatic nitrogens is 2. The molecule has 0 bridgehead atoms. The fourth-order valence-corrected chi connectivity index (χ4v) is 3.07. The highest BCUT2D eigenvalue weighted by atomic mass is 19.1. The molecule has 1 aliphatic rings. The zero-order valence-electron chi connectivity index (χ0n) is 12.8. The van der Waals surface area contributed by atoms with E-state index in [1.165, 1.54) is 12.1 Å². The van der Waals surface area contributed by atoms with E-state index in [4.69, 9.17) is 0 Å². The van der Waals surface area contributed by atoms with E-state index in [-0.39, 0.29) is 0 Å². The van der Waals surface area contributed by atoms with Gasteiger partial charge in [0.25, 0.3) is 0 Å². The molecular formula is C17H19F2N3. The van der Waals surface area contributed by atoms with Gasteiger partial charge >= 0.3 is 0 Å². The first kappa shape index (κ1) is 14.9. The maximum absolute atomic E-state index is 13.3. The lowest BCUT2D eigenvalue weighted by molar-refractivity contribution is 0.558. The first-order chi connectivity index (χ1) is 10.5. The van der Waals surface area contributed by atoms with Gasteiger partial charge in [0.2, 0.25) is 0 Å². The van der Waals surface area contributed by atoms with Gasteiger partial charge in [-0.2, -0.15) is 5.10 Å². The molecule has 0 N–H and O–H groups in total. The molecule has 1 fully saturated rings. The average molecular weight is 303 g/mol. The Kier molecular flexibility index (Phi) is 4.05. The Labute approximate surface area is 129 Å². The second-order valence-corrected chi connectivity index (χ2v) is 6.06. The monoisotopic (exact) mass is 303 g/mol. The molecule has 116 valence electrons. The molecule has 1 saturated heterocycles.